The summed E-state index contributed by atoms with van der Waals surface area (Å²) in [5.74, 6) is 0. The van der Waals surface area contributed by atoms with Crippen molar-refractivity contribution in [2.75, 3.05) is 27.2 Å². The molecule has 2 heteroatoms. The molecule has 0 radical (unpaired) electrons. The molecule has 2 nitrogen and oxygen atoms in total. The molecular weight excluding hydrogens is 184 g/mol. The van der Waals surface area contributed by atoms with Crippen LogP contribution in [-0.2, 0) is 0 Å². The second kappa shape index (κ2) is 10.2. The van der Waals surface area contributed by atoms with Crippen LogP contribution in [0.5, 0.6) is 0 Å². The summed E-state index contributed by atoms with van der Waals surface area (Å²) >= 11 is 0. The fourth-order valence-electron chi connectivity index (χ4n) is 1.84. The molecule has 0 aromatic rings. The standard InChI is InChI=1S/C13H28N2/c1-5-7-8-9-10-11-13(14-6-2)12-15(3)4/h5,13-14H,1,6-12H2,2-4H3. The minimum atomic E-state index is 0.661. The highest BCUT2D eigenvalue weighted by atomic mass is 15.1. The molecule has 0 aliphatic rings. The Bertz CT molecular complexity index is 143. The van der Waals surface area contributed by atoms with E-state index in [1.54, 1.807) is 0 Å². The van der Waals surface area contributed by atoms with Crippen LogP contribution in [0.4, 0.5) is 0 Å². The largest absolute Gasteiger partial charge is 0.313 e. The molecule has 0 rings (SSSR count). The Hall–Kier alpha value is -0.340. The minimum absolute atomic E-state index is 0.661. The lowest BCUT2D eigenvalue weighted by Gasteiger charge is -2.21. The second-order valence-corrected chi connectivity index (χ2v) is 4.44. The lowest BCUT2D eigenvalue weighted by Crippen LogP contribution is -2.38. The van der Waals surface area contributed by atoms with Gasteiger partial charge in [-0.05, 0) is 39.9 Å². The lowest BCUT2D eigenvalue weighted by molar-refractivity contribution is 0.324. The number of likely N-dealkylation sites (N-methyl/N-ethyl adjacent to an activating group) is 2. The molecule has 0 heterocycles. The van der Waals surface area contributed by atoms with Gasteiger partial charge in [0.2, 0.25) is 0 Å². The van der Waals surface area contributed by atoms with Gasteiger partial charge in [0.05, 0.1) is 0 Å². The quantitative estimate of drug-likeness (QED) is 0.442. The third-order valence-electron chi connectivity index (χ3n) is 2.54. The van der Waals surface area contributed by atoms with E-state index in [1.807, 2.05) is 6.08 Å². The first-order valence-corrected chi connectivity index (χ1v) is 6.19. The van der Waals surface area contributed by atoms with Gasteiger partial charge in [0.15, 0.2) is 0 Å². The summed E-state index contributed by atoms with van der Waals surface area (Å²) < 4.78 is 0. The van der Waals surface area contributed by atoms with E-state index in [-0.39, 0.29) is 0 Å². The maximum atomic E-state index is 3.74. The zero-order valence-electron chi connectivity index (χ0n) is 10.8. The molecule has 0 saturated carbocycles. The zero-order valence-corrected chi connectivity index (χ0v) is 10.8. The van der Waals surface area contributed by atoms with Gasteiger partial charge in [0, 0.05) is 12.6 Å². The van der Waals surface area contributed by atoms with Crippen molar-refractivity contribution >= 4 is 0 Å². The molecule has 90 valence electrons. The summed E-state index contributed by atoms with van der Waals surface area (Å²) in [5.41, 5.74) is 0. The van der Waals surface area contributed by atoms with Crippen LogP contribution in [0.15, 0.2) is 12.7 Å². The number of allylic oxidation sites excluding steroid dienone is 1. The smallest absolute Gasteiger partial charge is 0.0194 e. The molecule has 0 bridgehead atoms. The van der Waals surface area contributed by atoms with E-state index in [1.165, 1.54) is 32.1 Å². The summed E-state index contributed by atoms with van der Waals surface area (Å²) in [5, 5.41) is 3.54. The normalized spacial score (nSPS) is 13.1. The fourth-order valence-corrected chi connectivity index (χ4v) is 1.84. The van der Waals surface area contributed by atoms with E-state index in [9.17, 15) is 0 Å². The molecule has 1 N–H and O–H groups in total. The average molecular weight is 212 g/mol. The van der Waals surface area contributed by atoms with Crippen LogP contribution >= 0.6 is 0 Å². The van der Waals surface area contributed by atoms with Crippen LogP contribution in [0, 0.1) is 0 Å². The maximum absolute atomic E-state index is 3.74. The van der Waals surface area contributed by atoms with Crippen molar-refractivity contribution in [2.24, 2.45) is 0 Å². The van der Waals surface area contributed by atoms with E-state index >= 15 is 0 Å². The highest BCUT2D eigenvalue weighted by Gasteiger charge is 2.07. The minimum Gasteiger partial charge on any atom is -0.313 e. The third kappa shape index (κ3) is 9.95. The number of nitrogens with zero attached hydrogens (tertiary/aromatic N) is 1. The van der Waals surface area contributed by atoms with Gasteiger partial charge in [-0.15, -0.1) is 6.58 Å². The summed E-state index contributed by atoms with van der Waals surface area (Å²) in [7, 11) is 4.28. The Kier molecular flexibility index (Phi) is 9.96. The van der Waals surface area contributed by atoms with Crippen LogP contribution in [-0.4, -0.2) is 38.1 Å². The topological polar surface area (TPSA) is 15.3 Å². The molecular formula is C13H28N2. The summed E-state index contributed by atoms with van der Waals surface area (Å²) in [6, 6.07) is 0.661. The SMILES string of the molecule is C=CCCCCCC(CN(C)C)NCC. The second-order valence-electron chi connectivity index (χ2n) is 4.44. The van der Waals surface area contributed by atoms with Crippen molar-refractivity contribution in [2.45, 2.75) is 45.1 Å². The van der Waals surface area contributed by atoms with E-state index in [0.717, 1.165) is 13.1 Å². The highest BCUT2D eigenvalue weighted by Crippen LogP contribution is 2.06. The molecule has 0 aromatic heterocycles. The monoisotopic (exact) mass is 212 g/mol. The Labute approximate surface area is 95.7 Å². The van der Waals surface area contributed by atoms with Gasteiger partial charge in [-0.1, -0.05) is 25.8 Å². The Morgan fingerprint density at radius 1 is 1.27 bits per heavy atom. The molecule has 0 spiro atoms. The molecule has 0 saturated heterocycles. The van der Waals surface area contributed by atoms with Crippen molar-refractivity contribution in [3.8, 4) is 0 Å². The number of rotatable bonds is 10. The highest BCUT2D eigenvalue weighted by molar-refractivity contribution is 4.70. The van der Waals surface area contributed by atoms with Gasteiger partial charge in [0.25, 0.3) is 0 Å². The van der Waals surface area contributed by atoms with Crippen LogP contribution < -0.4 is 5.32 Å². The van der Waals surface area contributed by atoms with Crippen LogP contribution in [0.25, 0.3) is 0 Å². The molecule has 1 unspecified atom stereocenters. The molecule has 1 atom stereocenters. The number of unbranched alkanes of at least 4 members (excludes halogenated alkanes) is 3. The molecule has 0 amide bonds. The van der Waals surface area contributed by atoms with Crippen molar-refractivity contribution in [3.63, 3.8) is 0 Å². The summed E-state index contributed by atoms with van der Waals surface area (Å²) in [6.45, 7) is 8.15. The predicted octanol–water partition coefficient (Wildman–Crippen LogP) is 2.66. The van der Waals surface area contributed by atoms with E-state index in [2.05, 4.69) is 37.8 Å². The van der Waals surface area contributed by atoms with Crippen molar-refractivity contribution in [1.82, 2.24) is 10.2 Å². The summed E-state index contributed by atoms with van der Waals surface area (Å²) in [4.78, 5) is 2.26. The van der Waals surface area contributed by atoms with Crippen LogP contribution in [0.1, 0.15) is 39.0 Å². The molecule has 0 aliphatic heterocycles. The lowest BCUT2D eigenvalue weighted by atomic mass is 10.1. The van der Waals surface area contributed by atoms with E-state index in [4.69, 9.17) is 0 Å². The molecule has 0 fully saturated rings. The van der Waals surface area contributed by atoms with Crippen molar-refractivity contribution in [1.29, 1.82) is 0 Å². The van der Waals surface area contributed by atoms with Gasteiger partial charge in [-0.2, -0.15) is 0 Å². The molecule has 0 aromatic carbocycles. The average Bonchev–Trinajstić information content (AvgIpc) is 2.17. The van der Waals surface area contributed by atoms with Crippen molar-refractivity contribution < 1.29 is 0 Å². The number of nitrogens with one attached hydrogen (secondary N) is 1. The first-order chi connectivity index (χ1) is 7.20. The Balaban J connectivity index is 3.51. The Morgan fingerprint density at radius 2 is 2.00 bits per heavy atom. The van der Waals surface area contributed by atoms with Gasteiger partial charge < -0.3 is 10.2 Å². The Morgan fingerprint density at radius 3 is 2.53 bits per heavy atom. The first kappa shape index (κ1) is 14.7. The van der Waals surface area contributed by atoms with E-state index in [0.29, 0.717) is 6.04 Å². The fraction of sp³-hybridized carbons (Fsp3) is 0.846. The van der Waals surface area contributed by atoms with Gasteiger partial charge in [0.1, 0.15) is 0 Å². The van der Waals surface area contributed by atoms with Crippen LogP contribution in [0.3, 0.4) is 0 Å². The number of hydrogen-bond donors (Lipinski definition) is 1. The van der Waals surface area contributed by atoms with Gasteiger partial charge in [-0.3, -0.25) is 0 Å². The zero-order chi connectivity index (χ0) is 11.5. The molecule has 0 aliphatic carbocycles. The summed E-state index contributed by atoms with van der Waals surface area (Å²) in [6.07, 6.45) is 8.44. The van der Waals surface area contributed by atoms with Crippen LogP contribution in [0.2, 0.25) is 0 Å². The van der Waals surface area contributed by atoms with Gasteiger partial charge in [-0.25, -0.2) is 0 Å². The molecule has 15 heavy (non-hydrogen) atoms. The van der Waals surface area contributed by atoms with E-state index < -0.39 is 0 Å². The third-order valence-corrected chi connectivity index (χ3v) is 2.54. The maximum Gasteiger partial charge on any atom is 0.0194 e. The van der Waals surface area contributed by atoms with Crippen molar-refractivity contribution in [3.05, 3.63) is 12.7 Å². The number of hydrogen-bond acceptors (Lipinski definition) is 2. The first-order valence-electron chi connectivity index (χ1n) is 6.19. The predicted molar refractivity (Wildman–Crippen MR) is 69.3 cm³/mol. The van der Waals surface area contributed by atoms with Gasteiger partial charge >= 0.3 is 0 Å².